The lowest BCUT2D eigenvalue weighted by Crippen LogP contribution is -2.49. The van der Waals surface area contributed by atoms with Crippen molar-refractivity contribution in [2.24, 2.45) is 13.0 Å². The lowest BCUT2D eigenvalue weighted by molar-refractivity contribution is -0.133. The van der Waals surface area contributed by atoms with Crippen LogP contribution in [0.5, 0.6) is 0 Å². The third kappa shape index (κ3) is 3.59. The van der Waals surface area contributed by atoms with E-state index in [1.165, 1.54) is 30.7 Å². The first-order chi connectivity index (χ1) is 14.5. The van der Waals surface area contributed by atoms with Gasteiger partial charge in [-0.05, 0) is 30.2 Å². The predicted molar refractivity (Wildman–Crippen MR) is 107 cm³/mol. The zero-order valence-electron chi connectivity index (χ0n) is 17.5. The van der Waals surface area contributed by atoms with Gasteiger partial charge in [-0.2, -0.15) is 0 Å². The molecule has 0 atom stereocenters. The van der Waals surface area contributed by atoms with Crippen LogP contribution >= 0.6 is 0 Å². The van der Waals surface area contributed by atoms with E-state index in [2.05, 4.69) is 0 Å². The van der Waals surface area contributed by atoms with E-state index in [0.717, 1.165) is 6.07 Å². The van der Waals surface area contributed by atoms with Crippen LogP contribution in [0.15, 0.2) is 23.0 Å². The summed E-state index contributed by atoms with van der Waals surface area (Å²) in [4.78, 5) is 27.9. The number of hydrogen-bond donors (Lipinski definition) is 0. The number of carbonyl (C=O) groups excluding carboxylic acids is 1. The van der Waals surface area contributed by atoms with Crippen molar-refractivity contribution < 1.29 is 22.4 Å². The molecular weight excluding hydrogens is 414 g/mol. The number of anilines is 1. The van der Waals surface area contributed by atoms with E-state index in [9.17, 15) is 27.2 Å². The molecule has 1 fully saturated rings. The van der Waals surface area contributed by atoms with Crippen molar-refractivity contribution in [3.8, 4) is 0 Å². The van der Waals surface area contributed by atoms with Gasteiger partial charge in [0.2, 0.25) is 5.91 Å². The second-order valence-corrected chi connectivity index (χ2v) is 8.48. The lowest BCUT2D eigenvalue weighted by Gasteiger charge is -2.41. The molecule has 2 aromatic rings. The summed E-state index contributed by atoms with van der Waals surface area (Å²) in [5.41, 5.74) is 0.313. The van der Waals surface area contributed by atoms with E-state index in [0.29, 0.717) is 31.3 Å². The van der Waals surface area contributed by atoms with Gasteiger partial charge in [0.15, 0.2) is 11.6 Å². The number of benzene rings is 1. The predicted octanol–water partition coefficient (Wildman–Crippen LogP) is 3.45. The SMILES string of the molecule is Cc1c2c(n(C)c(=O)c1F)CN(C(=O)CC1CN(c3cccc(C(C)(F)F)c3F)C1)C2. The van der Waals surface area contributed by atoms with Gasteiger partial charge in [0, 0.05) is 51.6 Å². The van der Waals surface area contributed by atoms with Gasteiger partial charge in [0.1, 0.15) is 0 Å². The molecular formula is C22H23F4N3O2. The summed E-state index contributed by atoms with van der Waals surface area (Å²) in [6.07, 6.45) is 0.214. The highest BCUT2D eigenvalue weighted by Crippen LogP contribution is 2.36. The second-order valence-electron chi connectivity index (χ2n) is 8.48. The summed E-state index contributed by atoms with van der Waals surface area (Å²) in [7, 11) is 1.49. The maximum atomic E-state index is 14.5. The van der Waals surface area contributed by atoms with Crippen molar-refractivity contribution in [2.45, 2.75) is 39.3 Å². The molecule has 1 aromatic heterocycles. The third-order valence-electron chi connectivity index (χ3n) is 6.28. The number of carbonyl (C=O) groups is 1. The fourth-order valence-corrected chi connectivity index (χ4v) is 4.37. The summed E-state index contributed by atoms with van der Waals surface area (Å²) >= 11 is 0. The minimum absolute atomic E-state index is 0.0388. The maximum absolute atomic E-state index is 14.5. The molecule has 0 aliphatic carbocycles. The minimum atomic E-state index is -3.28. The first kappa shape index (κ1) is 21.4. The van der Waals surface area contributed by atoms with Crippen LogP contribution in [0, 0.1) is 24.5 Å². The van der Waals surface area contributed by atoms with Crippen LogP contribution in [-0.2, 0) is 30.9 Å². The summed E-state index contributed by atoms with van der Waals surface area (Å²) < 4.78 is 57.0. The van der Waals surface area contributed by atoms with Crippen LogP contribution < -0.4 is 10.5 Å². The number of aromatic nitrogens is 1. The van der Waals surface area contributed by atoms with E-state index < -0.39 is 28.7 Å². The molecule has 9 heteroatoms. The Kier molecular flexibility index (Phi) is 5.10. The Morgan fingerprint density at radius 1 is 1.16 bits per heavy atom. The van der Waals surface area contributed by atoms with Gasteiger partial charge in [-0.1, -0.05) is 6.07 Å². The minimum Gasteiger partial charge on any atom is -0.368 e. The summed E-state index contributed by atoms with van der Waals surface area (Å²) in [5.74, 6) is -5.19. The molecule has 166 valence electrons. The van der Waals surface area contributed by atoms with Crippen LogP contribution in [0.1, 0.15) is 35.7 Å². The molecule has 2 aliphatic rings. The molecule has 3 heterocycles. The van der Waals surface area contributed by atoms with Gasteiger partial charge in [-0.25, -0.2) is 17.6 Å². The maximum Gasteiger partial charge on any atom is 0.286 e. The molecule has 1 saturated heterocycles. The van der Waals surface area contributed by atoms with E-state index in [1.54, 1.807) is 9.80 Å². The van der Waals surface area contributed by atoms with Gasteiger partial charge in [-0.15, -0.1) is 0 Å². The Balaban J connectivity index is 1.40. The summed E-state index contributed by atoms with van der Waals surface area (Å²) in [5, 5.41) is 0. The van der Waals surface area contributed by atoms with Gasteiger partial charge in [0.05, 0.1) is 17.8 Å². The van der Waals surface area contributed by atoms with E-state index in [-0.39, 0.29) is 42.6 Å². The molecule has 0 radical (unpaired) electrons. The van der Waals surface area contributed by atoms with Crippen molar-refractivity contribution in [3.63, 3.8) is 0 Å². The molecule has 0 saturated carbocycles. The van der Waals surface area contributed by atoms with Gasteiger partial charge < -0.3 is 14.4 Å². The highest BCUT2D eigenvalue weighted by atomic mass is 19.3. The van der Waals surface area contributed by atoms with Crippen LogP contribution in [0.2, 0.25) is 0 Å². The standard InChI is InChI=1S/C22H23F4N3O2/c1-12-14-10-29(11-17(14)27(3)21(31)19(12)23)18(30)7-13-8-28(9-13)16-6-4-5-15(20(16)24)22(2,25)26/h4-6,13H,7-11H2,1-3H3. The number of amides is 1. The quantitative estimate of drug-likeness (QED) is 0.689. The summed E-state index contributed by atoms with van der Waals surface area (Å²) in [6, 6.07) is 3.93. The number of halogens is 4. The fraction of sp³-hybridized carbons (Fsp3) is 0.455. The average Bonchev–Trinajstić information content (AvgIpc) is 3.12. The molecule has 1 aromatic carbocycles. The average molecular weight is 437 g/mol. The van der Waals surface area contributed by atoms with Gasteiger partial charge in [0.25, 0.3) is 11.5 Å². The van der Waals surface area contributed by atoms with Crippen LogP contribution in [0.25, 0.3) is 0 Å². The molecule has 0 spiro atoms. The highest BCUT2D eigenvalue weighted by Gasteiger charge is 2.36. The van der Waals surface area contributed by atoms with Crippen molar-refractivity contribution in [3.05, 3.63) is 62.6 Å². The van der Waals surface area contributed by atoms with Crippen LogP contribution in [-0.4, -0.2) is 28.5 Å². The lowest BCUT2D eigenvalue weighted by atomic mass is 9.94. The Hall–Kier alpha value is -2.84. The van der Waals surface area contributed by atoms with Crippen molar-refractivity contribution >= 4 is 11.6 Å². The molecule has 5 nitrogen and oxygen atoms in total. The molecule has 2 aliphatic heterocycles. The summed E-state index contributed by atoms with van der Waals surface area (Å²) in [6.45, 7) is 3.44. The molecule has 0 N–H and O–H groups in total. The smallest absolute Gasteiger partial charge is 0.286 e. The number of fused-ring (bicyclic) bond motifs is 1. The van der Waals surface area contributed by atoms with Crippen molar-refractivity contribution in [1.29, 1.82) is 0 Å². The first-order valence-electron chi connectivity index (χ1n) is 10.1. The van der Waals surface area contributed by atoms with E-state index in [1.807, 2.05) is 0 Å². The Bertz CT molecular complexity index is 1120. The fourth-order valence-electron chi connectivity index (χ4n) is 4.37. The monoisotopic (exact) mass is 437 g/mol. The van der Waals surface area contributed by atoms with Crippen molar-refractivity contribution in [2.75, 3.05) is 18.0 Å². The van der Waals surface area contributed by atoms with Gasteiger partial charge >= 0.3 is 0 Å². The number of rotatable bonds is 4. The highest BCUT2D eigenvalue weighted by molar-refractivity contribution is 5.77. The van der Waals surface area contributed by atoms with E-state index in [4.69, 9.17) is 0 Å². The molecule has 4 rings (SSSR count). The molecule has 1 amide bonds. The molecule has 31 heavy (non-hydrogen) atoms. The topological polar surface area (TPSA) is 45.6 Å². The Morgan fingerprint density at radius 3 is 2.48 bits per heavy atom. The Labute approximate surface area is 176 Å². The largest absolute Gasteiger partial charge is 0.368 e. The van der Waals surface area contributed by atoms with Crippen molar-refractivity contribution in [1.82, 2.24) is 9.47 Å². The van der Waals surface area contributed by atoms with E-state index >= 15 is 0 Å². The van der Waals surface area contributed by atoms with Crippen LogP contribution in [0.4, 0.5) is 23.2 Å². The number of nitrogens with zero attached hydrogens (tertiary/aromatic N) is 3. The second kappa shape index (κ2) is 7.39. The molecule has 0 bridgehead atoms. The number of pyridine rings is 1. The first-order valence-corrected chi connectivity index (χ1v) is 10.1. The van der Waals surface area contributed by atoms with Crippen LogP contribution in [0.3, 0.4) is 0 Å². The zero-order valence-corrected chi connectivity index (χ0v) is 17.5. The number of alkyl halides is 2. The zero-order chi connectivity index (χ0) is 22.7. The third-order valence-corrected chi connectivity index (χ3v) is 6.28. The normalized spacial score (nSPS) is 16.5. The Morgan fingerprint density at radius 2 is 1.84 bits per heavy atom. The van der Waals surface area contributed by atoms with Gasteiger partial charge in [-0.3, -0.25) is 9.59 Å². The number of hydrogen-bond acceptors (Lipinski definition) is 3. The molecule has 0 unspecified atom stereocenters.